The van der Waals surface area contributed by atoms with E-state index in [0.717, 1.165) is 23.5 Å². The van der Waals surface area contributed by atoms with Crippen LogP contribution in [0.5, 0.6) is 0 Å². The lowest BCUT2D eigenvalue weighted by Gasteiger charge is -2.15. The average molecular weight is 187 g/mol. The molecule has 2 heterocycles. The molecule has 3 rings (SSSR count). The number of aliphatic imine (C=N–C) groups is 1. The molecule has 0 aliphatic carbocycles. The Labute approximate surface area is 81.0 Å². The first kappa shape index (κ1) is 7.55. The number of para-hydroxylation sites is 1. The van der Waals surface area contributed by atoms with Gasteiger partial charge in [-0.15, -0.1) is 0 Å². The summed E-state index contributed by atoms with van der Waals surface area (Å²) in [5.41, 5.74) is 7.48. The Kier molecular flexibility index (Phi) is 1.39. The number of nitrogens with one attached hydrogen (secondary N) is 2. The lowest BCUT2D eigenvalue weighted by Crippen LogP contribution is -2.28. The molecule has 1 saturated heterocycles. The van der Waals surface area contributed by atoms with Gasteiger partial charge in [0.05, 0.1) is 5.69 Å². The van der Waals surface area contributed by atoms with E-state index in [1.807, 2.05) is 24.3 Å². The summed E-state index contributed by atoms with van der Waals surface area (Å²) in [5, 5.41) is 0. The molecule has 2 aliphatic rings. The highest BCUT2D eigenvalue weighted by Crippen LogP contribution is 2.28. The molecule has 1 amide bonds. The number of benzene rings is 1. The van der Waals surface area contributed by atoms with Crippen LogP contribution in [0.25, 0.3) is 0 Å². The fourth-order valence-corrected chi connectivity index (χ4v) is 1.86. The highest BCUT2D eigenvalue weighted by atomic mass is 16.2. The first-order chi connectivity index (χ1) is 6.84. The van der Waals surface area contributed by atoms with E-state index in [1.54, 1.807) is 0 Å². The molecule has 2 aliphatic heterocycles. The second-order valence-electron chi connectivity index (χ2n) is 3.50. The van der Waals surface area contributed by atoms with E-state index in [4.69, 9.17) is 0 Å². The molecule has 2 N–H and O–H groups in total. The van der Waals surface area contributed by atoms with E-state index in [2.05, 4.69) is 15.8 Å². The van der Waals surface area contributed by atoms with Crippen molar-refractivity contribution in [2.45, 2.75) is 6.42 Å². The Hall–Kier alpha value is -1.84. The minimum atomic E-state index is -0.120. The first-order valence-corrected chi connectivity index (χ1v) is 4.57. The Bertz CT molecular complexity index is 439. The van der Waals surface area contributed by atoms with Gasteiger partial charge in [-0.2, -0.15) is 0 Å². The van der Waals surface area contributed by atoms with Gasteiger partial charge in [0.1, 0.15) is 11.8 Å². The smallest absolute Gasteiger partial charge is 0.249 e. The maximum absolute atomic E-state index is 11.4. The van der Waals surface area contributed by atoms with Gasteiger partial charge in [0, 0.05) is 0 Å². The van der Waals surface area contributed by atoms with Crippen LogP contribution in [0, 0.1) is 5.92 Å². The molecular weight excluding hydrogens is 178 g/mol. The molecule has 0 spiro atoms. The average Bonchev–Trinajstić information content (AvgIpc) is 2.57. The third-order valence-electron chi connectivity index (χ3n) is 2.62. The molecule has 0 radical (unpaired) electrons. The molecule has 1 aromatic rings. The standard InChI is InChI=1S/C10H9N3O/c14-10-7-5-6-3-1-2-4-8(6)11-9(7)12-13-10/h1-4,7H,5H2,(H,11,12)(H,13,14). The van der Waals surface area contributed by atoms with Crippen molar-refractivity contribution >= 4 is 17.4 Å². The molecule has 4 nitrogen and oxygen atoms in total. The Morgan fingerprint density at radius 1 is 1.29 bits per heavy atom. The van der Waals surface area contributed by atoms with Gasteiger partial charge in [-0.05, 0) is 18.1 Å². The topological polar surface area (TPSA) is 53.5 Å². The summed E-state index contributed by atoms with van der Waals surface area (Å²) in [4.78, 5) is 15.7. The summed E-state index contributed by atoms with van der Waals surface area (Å²) in [6.45, 7) is 0. The van der Waals surface area contributed by atoms with Crippen molar-refractivity contribution in [3.63, 3.8) is 0 Å². The van der Waals surface area contributed by atoms with Gasteiger partial charge < -0.3 is 0 Å². The number of nitrogens with zero attached hydrogens (tertiary/aromatic N) is 1. The van der Waals surface area contributed by atoms with Crippen molar-refractivity contribution < 1.29 is 4.79 Å². The fourth-order valence-electron chi connectivity index (χ4n) is 1.86. The SMILES string of the molecule is O=C1NNC2=Nc3ccccc3CC12. The Morgan fingerprint density at radius 3 is 3.07 bits per heavy atom. The summed E-state index contributed by atoms with van der Waals surface area (Å²) in [6, 6.07) is 7.90. The van der Waals surface area contributed by atoms with E-state index in [1.165, 1.54) is 0 Å². The Balaban J connectivity index is 2.11. The number of amidine groups is 1. The van der Waals surface area contributed by atoms with Crippen LogP contribution < -0.4 is 10.9 Å². The zero-order valence-corrected chi connectivity index (χ0v) is 7.45. The normalized spacial score (nSPS) is 23.0. The molecule has 0 saturated carbocycles. The second-order valence-corrected chi connectivity index (χ2v) is 3.50. The molecule has 0 bridgehead atoms. The number of hydrogen-bond donors (Lipinski definition) is 2. The van der Waals surface area contributed by atoms with Crippen LogP contribution in [0.3, 0.4) is 0 Å². The van der Waals surface area contributed by atoms with Gasteiger partial charge in [0.15, 0.2) is 0 Å². The maximum atomic E-state index is 11.4. The van der Waals surface area contributed by atoms with Crippen molar-refractivity contribution in [2.24, 2.45) is 10.9 Å². The van der Waals surface area contributed by atoms with Crippen LogP contribution in [0.15, 0.2) is 29.3 Å². The molecule has 0 aromatic heterocycles. The zero-order valence-electron chi connectivity index (χ0n) is 7.45. The van der Waals surface area contributed by atoms with Crippen LogP contribution in [0.4, 0.5) is 5.69 Å². The van der Waals surface area contributed by atoms with Gasteiger partial charge in [-0.25, -0.2) is 4.99 Å². The lowest BCUT2D eigenvalue weighted by atomic mass is 9.95. The van der Waals surface area contributed by atoms with Crippen LogP contribution in [0.1, 0.15) is 5.56 Å². The molecule has 1 unspecified atom stereocenters. The second kappa shape index (κ2) is 2.57. The molecule has 1 fully saturated rings. The largest absolute Gasteiger partial charge is 0.285 e. The third-order valence-corrected chi connectivity index (χ3v) is 2.62. The van der Waals surface area contributed by atoms with Gasteiger partial charge in [0.25, 0.3) is 0 Å². The number of carbonyl (C=O) groups is 1. The quantitative estimate of drug-likeness (QED) is 0.622. The minimum absolute atomic E-state index is 0.0123. The van der Waals surface area contributed by atoms with Crippen LogP contribution in [-0.2, 0) is 11.2 Å². The lowest BCUT2D eigenvalue weighted by molar-refractivity contribution is -0.122. The van der Waals surface area contributed by atoms with E-state index >= 15 is 0 Å². The van der Waals surface area contributed by atoms with Gasteiger partial charge in [0.2, 0.25) is 5.91 Å². The van der Waals surface area contributed by atoms with E-state index in [-0.39, 0.29) is 11.8 Å². The number of hydrazine groups is 1. The minimum Gasteiger partial charge on any atom is -0.285 e. The monoisotopic (exact) mass is 187 g/mol. The predicted molar refractivity (Wildman–Crippen MR) is 52.0 cm³/mol. The molecule has 1 atom stereocenters. The third kappa shape index (κ3) is 0.937. The van der Waals surface area contributed by atoms with Crippen LogP contribution in [0.2, 0.25) is 0 Å². The van der Waals surface area contributed by atoms with Crippen molar-refractivity contribution in [3.05, 3.63) is 29.8 Å². The highest BCUT2D eigenvalue weighted by molar-refractivity contribution is 6.09. The summed E-state index contributed by atoms with van der Waals surface area (Å²) in [5.74, 6) is 0.636. The number of carbonyl (C=O) groups excluding carboxylic acids is 1. The molecule has 1 aromatic carbocycles. The van der Waals surface area contributed by atoms with Crippen molar-refractivity contribution in [1.82, 2.24) is 10.9 Å². The van der Waals surface area contributed by atoms with Crippen molar-refractivity contribution in [1.29, 1.82) is 0 Å². The molecule has 4 heteroatoms. The molecule has 14 heavy (non-hydrogen) atoms. The number of rotatable bonds is 0. The molecular formula is C10H9N3O. The maximum Gasteiger partial charge on any atom is 0.249 e. The van der Waals surface area contributed by atoms with Crippen molar-refractivity contribution in [3.8, 4) is 0 Å². The van der Waals surface area contributed by atoms with Crippen molar-refractivity contribution in [2.75, 3.05) is 0 Å². The molecule has 70 valence electrons. The van der Waals surface area contributed by atoms with Crippen LogP contribution >= 0.6 is 0 Å². The zero-order chi connectivity index (χ0) is 9.54. The summed E-state index contributed by atoms with van der Waals surface area (Å²) < 4.78 is 0. The Morgan fingerprint density at radius 2 is 2.14 bits per heavy atom. The van der Waals surface area contributed by atoms with E-state index in [0.29, 0.717) is 0 Å². The number of amides is 1. The van der Waals surface area contributed by atoms with Crippen LogP contribution in [-0.4, -0.2) is 11.7 Å². The summed E-state index contributed by atoms with van der Waals surface area (Å²) in [7, 11) is 0. The fraction of sp³-hybridized carbons (Fsp3) is 0.200. The van der Waals surface area contributed by atoms with Gasteiger partial charge in [-0.1, -0.05) is 18.2 Å². The van der Waals surface area contributed by atoms with Gasteiger partial charge in [-0.3, -0.25) is 15.6 Å². The van der Waals surface area contributed by atoms with E-state index in [9.17, 15) is 4.79 Å². The first-order valence-electron chi connectivity index (χ1n) is 4.57. The highest BCUT2D eigenvalue weighted by Gasteiger charge is 2.34. The number of hydrogen-bond acceptors (Lipinski definition) is 3. The predicted octanol–water partition coefficient (Wildman–Crippen LogP) is 0.523. The summed E-state index contributed by atoms with van der Waals surface area (Å²) in [6.07, 6.45) is 0.744. The van der Waals surface area contributed by atoms with Gasteiger partial charge >= 0.3 is 0 Å². The summed E-state index contributed by atoms with van der Waals surface area (Å²) >= 11 is 0. The van der Waals surface area contributed by atoms with E-state index < -0.39 is 0 Å². The number of fused-ring (bicyclic) bond motifs is 2.